The van der Waals surface area contributed by atoms with E-state index in [0.29, 0.717) is 18.4 Å². The highest BCUT2D eigenvalue weighted by molar-refractivity contribution is 5.74. The maximum atomic E-state index is 6.49. The van der Waals surface area contributed by atoms with E-state index < -0.39 is 0 Å². The Morgan fingerprint density at radius 2 is 1.77 bits per heavy atom. The van der Waals surface area contributed by atoms with Gasteiger partial charge in [-0.25, -0.2) is 9.97 Å². The van der Waals surface area contributed by atoms with Gasteiger partial charge < -0.3 is 24.6 Å². The molecular weight excluding hydrogens is 390 g/mol. The third kappa shape index (κ3) is 3.74. The average Bonchev–Trinajstić information content (AvgIpc) is 3.66. The fourth-order valence-corrected chi connectivity index (χ4v) is 5.17. The van der Waals surface area contributed by atoms with Crippen LogP contribution in [0.4, 0.5) is 17.3 Å². The molecule has 1 N–H and O–H groups in total. The highest BCUT2D eigenvalue weighted by Gasteiger charge is 2.32. The molecule has 0 atom stereocenters. The summed E-state index contributed by atoms with van der Waals surface area (Å²) in [4.78, 5) is 14.0. The molecule has 0 radical (unpaired) electrons. The SMILES string of the molecule is CN1CCC(c2cc3c(c(C4CC4)c2)OCc2c(ncnc2N2CCOCC2)N3)CC1. The van der Waals surface area contributed by atoms with Crippen LogP contribution >= 0.6 is 0 Å². The van der Waals surface area contributed by atoms with Gasteiger partial charge >= 0.3 is 0 Å². The molecule has 0 bridgehead atoms. The third-order valence-corrected chi connectivity index (χ3v) is 7.19. The number of likely N-dealkylation sites (tertiary alicyclic amines) is 1. The summed E-state index contributed by atoms with van der Waals surface area (Å²) in [6.07, 6.45) is 6.64. The molecule has 0 unspecified atom stereocenters. The van der Waals surface area contributed by atoms with Gasteiger partial charge in [-0.15, -0.1) is 0 Å². The Balaban J connectivity index is 1.36. The van der Waals surface area contributed by atoms with Crippen LogP contribution in [0.1, 0.15) is 54.2 Å². The van der Waals surface area contributed by atoms with Gasteiger partial charge in [0, 0.05) is 13.1 Å². The summed E-state index contributed by atoms with van der Waals surface area (Å²) >= 11 is 0. The number of anilines is 3. The van der Waals surface area contributed by atoms with Crippen molar-refractivity contribution in [2.45, 2.75) is 44.1 Å². The van der Waals surface area contributed by atoms with Gasteiger partial charge in [-0.3, -0.25) is 0 Å². The number of fused-ring (bicyclic) bond motifs is 2. The lowest BCUT2D eigenvalue weighted by Gasteiger charge is -2.30. The van der Waals surface area contributed by atoms with Gasteiger partial charge in [0.1, 0.15) is 30.3 Å². The van der Waals surface area contributed by atoms with E-state index in [0.717, 1.165) is 54.9 Å². The quantitative estimate of drug-likeness (QED) is 0.812. The molecule has 6 rings (SSSR count). The second-order valence-electron chi connectivity index (χ2n) is 9.38. The lowest BCUT2D eigenvalue weighted by molar-refractivity contribution is 0.122. The van der Waals surface area contributed by atoms with Crippen LogP contribution in [-0.4, -0.2) is 61.3 Å². The van der Waals surface area contributed by atoms with Gasteiger partial charge in [0.05, 0.1) is 24.5 Å². The Kier molecular flexibility index (Phi) is 4.95. The van der Waals surface area contributed by atoms with E-state index in [9.17, 15) is 0 Å². The molecule has 1 aromatic carbocycles. The van der Waals surface area contributed by atoms with Gasteiger partial charge in [-0.05, 0) is 74.8 Å². The number of aromatic nitrogens is 2. The first kappa shape index (κ1) is 19.3. The summed E-state index contributed by atoms with van der Waals surface area (Å²) in [7, 11) is 2.22. The van der Waals surface area contributed by atoms with E-state index in [1.807, 2.05) is 0 Å². The van der Waals surface area contributed by atoms with Crippen LogP contribution in [0, 0.1) is 0 Å². The Hall–Kier alpha value is -2.38. The predicted octanol–water partition coefficient (Wildman–Crippen LogP) is 3.64. The van der Waals surface area contributed by atoms with Crippen molar-refractivity contribution in [1.82, 2.24) is 14.9 Å². The molecule has 1 saturated carbocycles. The smallest absolute Gasteiger partial charge is 0.146 e. The topological polar surface area (TPSA) is 62.8 Å². The van der Waals surface area contributed by atoms with E-state index in [4.69, 9.17) is 9.47 Å². The van der Waals surface area contributed by atoms with Crippen molar-refractivity contribution < 1.29 is 9.47 Å². The number of piperidine rings is 1. The Morgan fingerprint density at radius 3 is 2.55 bits per heavy atom. The van der Waals surface area contributed by atoms with Crippen LogP contribution in [0.5, 0.6) is 5.75 Å². The summed E-state index contributed by atoms with van der Waals surface area (Å²) < 4.78 is 12.0. The molecule has 4 heterocycles. The fourth-order valence-electron chi connectivity index (χ4n) is 5.17. The van der Waals surface area contributed by atoms with E-state index in [-0.39, 0.29) is 0 Å². The number of ether oxygens (including phenoxy) is 2. The van der Waals surface area contributed by atoms with Crippen molar-refractivity contribution >= 4 is 17.3 Å². The van der Waals surface area contributed by atoms with Gasteiger partial charge in [-0.2, -0.15) is 0 Å². The monoisotopic (exact) mass is 421 g/mol. The van der Waals surface area contributed by atoms with Crippen LogP contribution < -0.4 is 15.0 Å². The molecule has 0 amide bonds. The van der Waals surface area contributed by atoms with Gasteiger partial charge in [0.25, 0.3) is 0 Å². The summed E-state index contributed by atoms with van der Waals surface area (Å²) in [6, 6.07) is 4.77. The number of rotatable bonds is 3. The first-order valence-corrected chi connectivity index (χ1v) is 11.7. The zero-order chi connectivity index (χ0) is 20.8. The largest absolute Gasteiger partial charge is 0.486 e. The van der Waals surface area contributed by atoms with Crippen LogP contribution in [0.3, 0.4) is 0 Å². The minimum Gasteiger partial charge on any atom is -0.486 e. The van der Waals surface area contributed by atoms with Gasteiger partial charge in [-0.1, -0.05) is 6.07 Å². The highest BCUT2D eigenvalue weighted by Crippen LogP contribution is 2.50. The number of hydrogen-bond donors (Lipinski definition) is 1. The lowest BCUT2D eigenvalue weighted by Crippen LogP contribution is -2.37. The third-order valence-electron chi connectivity index (χ3n) is 7.19. The molecule has 1 aliphatic carbocycles. The van der Waals surface area contributed by atoms with Crippen molar-refractivity contribution in [2.24, 2.45) is 0 Å². The number of nitrogens with one attached hydrogen (secondary N) is 1. The van der Waals surface area contributed by atoms with Crippen LogP contribution in [0.25, 0.3) is 0 Å². The maximum Gasteiger partial charge on any atom is 0.146 e. The van der Waals surface area contributed by atoms with E-state index >= 15 is 0 Å². The molecule has 0 spiro atoms. The highest BCUT2D eigenvalue weighted by atomic mass is 16.5. The fraction of sp³-hybridized carbons (Fsp3) is 0.583. The minimum atomic E-state index is 0.496. The molecule has 3 fully saturated rings. The second-order valence-corrected chi connectivity index (χ2v) is 9.38. The second kappa shape index (κ2) is 7.95. The van der Waals surface area contributed by atoms with Crippen molar-refractivity contribution in [3.8, 4) is 5.75 Å². The summed E-state index contributed by atoms with van der Waals surface area (Å²) in [5.41, 5.74) is 4.95. The Labute approximate surface area is 183 Å². The zero-order valence-corrected chi connectivity index (χ0v) is 18.3. The molecule has 7 heteroatoms. The number of hydrogen-bond acceptors (Lipinski definition) is 7. The number of nitrogens with zero attached hydrogens (tertiary/aromatic N) is 4. The van der Waals surface area contributed by atoms with E-state index in [2.05, 4.69) is 44.3 Å². The van der Waals surface area contributed by atoms with Crippen LogP contribution in [0.2, 0.25) is 0 Å². The maximum absolute atomic E-state index is 6.49. The van der Waals surface area contributed by atoms with E-state index in [1.165, 1.54) is 49.9 Å². The Morgan fingerprint density at radius 1 is 0.968 bits per heavy atom. The van der Waals surface area contributed by atoms with Crippen LogP contribution in [0.15, 0.2) is 18.5 Å². The van der Waals surface area contributed by atoms with Crippen molar-refractivity contribution in [2.75, 3.05) is 56.7 Å². The van der Waals surface area contributed by atoms with E-state index in [1.54, 1.807) is 6.33 Å². The van der Waals surface area contributed by atoms with Crippen LogP contribution in [-0.2, 0) is 11.3 Å². The zero-order valence-electron chi connectivity index (χ0n) is 18.3. The van der Waals surface area contributed by atoms with Gasteiger partial charge in [0.15, 0.2) is 0 Å². The predicted molar refractivity (Wildman–Crippen MR) is 121 cm³/mol. The lowest BCUT2D eigenvalue weighted by atomic mass is 9.87. The minimum absolute atomic E-state index is 0.496. The first-order chi connectivity index (χ1) is 15.3. The molecule has 164 valence electrons. The van der Waals surface area contributed by atoms with Gasteiger partial charge in [0.2, 0.25) is 0 Å². The molecular formula is C24H31N5O2. The summed E-state index contributed by atoms with van der Waals surface area (Å²) in [5, 5.41) is 3.65. The standard InChI is InChI=1S/C24H31N5O2/c1-28-6-4-16(5-7-28)18-12-19(17-2-3-17)22-21(13-18)27-23-20(14-31-22)24(26-15-25-23)29-8-10-30-11-9-29/h12-13,15-17H,2-11,14H2,1H3,(H,25,26,27). The molecule has 2 aromatic rings. The first-order valence-electron chi connectivity index (χ1n) is 11.7. The van der Waals surface area contributed by atoms with Crippen molar-refractivity contribution in [3.63, 3.8) is 0 Å². The number of benzene rings is 1. The molecule has 3 aliphatic heterocycles. The summed E-state index contributed by atoms with van der Waals surface area (Å²) in [5.74, 6) is 4.12. The normalized spacial score (nSPS) is 22.2. The Bertz CT molecular complexity index is 963. The number of morpholine rings is 1. The molecule has 1 aromatic heterocycles. The molecule has 7 nitrogen and oxygen atoms in total. The summed E-state index contributed by atoms with van der Waals surface area (Å²) in [6.45, 7) is 6.01. The van der Waals surface area contributed by atoms with Crippen molar-refractivity contribution in [3.05, 3.63) is 35.2 Å². The molecule has 4 aliphatic rings. The molecule has 31 heavy (non-hydrogen) atoms. The van der Waals surface area contributed by atoms with Crippen molar-refractivity contribution in [1.29, 1.82) is 0 Å². The average molecular weight is 422 g/mol. The molecule has 2 saturated heterocycles.